The number of hydrogen-bond acceptors (Lipinski definition) is 3. The van der Waals surface area contributed by atoms with Crippen LogP contribution in [0.5, 0.6) is 0 Å². The highest BCUT2D eigenvalue weighted by atomic mass is 16.3. The van der Waals surface area contributed by atoms with Crippen LogP contribution < -0.4 is 5.32 Å². The topological polar surface area (TPSA) is 62.6 Å². The van der Waals surface area contributed by atoms with Gasteiger partial charge in [0.1, 0.15) is 24.1 Å². The SMILES string of the molecule is Cc1ccc(CN2CC(=O)NC(C)C2=O)o1. The smallest absolute Gasteiger partial charge is 0.245 e. The third-order valence-corrected chi connectivity index (χ3v) is 2.54. The summed E-state index contributed by atoms with van der Waals surface area (Å²) >= 11 is 0. The van der Waals surface area contributed by atoms with E-state index in [1.807, 2.05) is 19.1 Å². The molecule has 1 fully saturated rings. The normalized spacial score (nSPS) is 21.1. The van der Waals surface area contributed by atoms with E-state index >= 15 is 0 Å². The summed E-state index contributed by atoms with van der Waals surface area (Å²) in [6.45, 7) is 3.98. The molecule has 0 aromatic carbocycles. The Balaban J connectivity index is 2.08. The Hall–Kier alpha value is -1.78. The quantitative estimate of drug-likeness (QED) is 0.789. The zero-order valence-electron chi connectivity index (χ0n) is 9.32. The van der Waals surface area contributed by atoms with Gasteiger partial charge in [0, 0.05) is 0 Å². The molecule has 2 amide bonds. The first-order valence-electron chi connectivity index (χ1n) is 5.20. The van der Waals surface area contributed by atoms with E-state index < -0.39 is 6.04 Å². The van der Waals surface area contributed by atoms with Crippen LogP contribution in [-0.2, 0) is 16.1 Å². The van der Waals surface area contributed by atoms with E-state index in [2.05, 4.69) is 5.32 Å². The summed E-state index contributed by atoms with van der Waals surface area (Å²) in [7, 11) is 0. The Bertz CT molecular complexity index is 425. The predicted octanol–water partition coefficient (Wildman–Crippen LogP) is 0.435. The minimum Gasteiger partial charge on any atom is -0.464 e. The fourth-order valence-electron chi connectivity index (χ4n) is 1.77. The monoisotopic (exact) mass is 222 g/mol. The van der Waals surface area contributed by atoms with Gasteiger partial charge in [0.2, 0.25) is 11.8 Å². The number of hydrogen-bond donors (Lipinski definition) is 1. The summed E-state index contributed by atoms with van der Waals surface area (Å²) in [6.07, 6.45) is 0. The van der Waals surface area contributed by atoms with Crippen molar-refractivity contribution in [2.45, 2.75) is 26.4 Å². The summed E-state index contributed by atoms with van der Waals surface area (Å²) in [4.78, 5) is 24.5. The molecule has 86 valence electrons. The third kappa shape index (κ3) is 2.08. The molecule has 0 spiro atoms. The van der Waals surface area contributed by atoms with E-state index in [0.29, 0.717) is 12.3 Å². The van der Waals surface area contributed by atoms with Gasteiger partial charge >= 0.3 is 0 Å². The first-order valence-corrected chi connectivity index (χ1v) is 5.20. The second kappa shape index (κ2) is 4.00. The van der Waals surface area contributed by atoms with E-state index in [-0.39, 0.29) is 18.4 Å². The van der Waals surface area contributed by atoms with Crippen molar-refractivity contribution in [2.24, 2.45) is 0 Å². The summed E-state index contributed by atoms with van der Waals surface area (Å²) in [5, 5.41) is 2.59. The standard InChI is InChI=1S/C11H14N2O3/c1-7-3-4-9(16-7)5-13-6-10(14)12-8(2)11(13)15/h3-4,8H,5-6H2,1-2H3,(H,12,14). The third-order valence-electron chi connectivity index (χ3n) is 2.54. The van der Waals surface area contributed by atoms with Gasteiger partial charge in [-0.2, -0.15) is 0 Å². The molecule has 2 rings (SSSR count). The minimum absolute atomic E-state index is 0.0753. The molecule has 0 aliphatic carbocycles. The fourth-order valence-corrected chi connectivity index (χ4v) is 1.77. The van der Waals surface area contributed by atoms with Gasteiger partial charge in [0.25, 0.3) is 0 Å². The molecule has 16 heavy (non-hydrogen) atoms. The van der Waals surface area contributed by atoms with Crippen molar-refractivity contribution in [3.63, 3.8) is 0 Å². The highest BCUT2D eigenvalue weighted by Crippen LogP contribution is 2.12. The van der Waals surface area contributed by atoms with Gasteiger partial charge in [-0.05, 0) is 26.0 Å². The molecule has 1 aromatic rings. The van der Waals surface area contributed by atoms with Crippen molar-refractivity contribution >= 4 is 11.8 Å². The van der Waals surface area contributed by atoms with E-state index in [0.717, 1.165) is 5.76 Å². The van der Waals surface area contributed by atoms with Gasteiger partial charge < -0.3 is 14.6 Å². The largest absolute Gasteiger partial charge is 0.464 e. The number of carbonyl (C=O) groups excluding carboxylic acids is 2. The van der Waals surface area contributed by atoms with Crippen LogP contribution >= 0.6 is 0 Å². The summed E-state index contributed by atoms with van der Waals surface area (Å²) in [6, 6.07) is 3.21. The van der Waals surface area contributed by atoms with Crippen molar-refractivity contribution in [1.29, 1.82) is 0 Å². The molecule has 1 aliphatic rings. The van der Waals surface area contributed by atoms with Crippen LogP contribution in [0.4, 0.5) is 0 Å². The number of furan rings is 1. The Labute approximate surface area is 93.4 Å². The summed E-state index contributed by atoms with van der Waals surface area (Å²) in [5.74, 6) is 1.30. The average molecular weight is 222 g/mol. The van der Waals surface area contributed by atoms with Gasteiger partial charge in [0.15, 0.2) is 0 Å². The molecule has 5 nitrogen and oxygen atoms in total. The van der Waals surface area contributed by atoms with Crippen molar-refractivity contribution in [3.05, 3.63) is 23.7 Å². The van der Waals surface area contributed by atoms with E-state index in [1.54, 1.807) is 6.92 Å². The summed E-state index contributed by atoms with van der Waals surface area (Å²) < 4.78 is 5.38. The second-order valence-electron chi connectivity index (χ2n) is 4.00. The highest BCUT2D eigenvalue weighted by Gasteiger charge is 2.29. The van der Waals surface area contributed by atoms with Crippen LogP contribution in [0, 0.1) is 6.92 Å². The van der Waals surface area contributed by atoms with Crippen LogP contribution in [0.1, 0.15) is 18.4 Å². The van der Waals surface area contributed by atoms with Gasteiger partial charge in [-0.25, -0.2) is 0 Å². The number of amides is 2. The van der Waals surface area contributed by atoms with E-state index in [9.17, 15) is 9.59 Å². The first-order chi connectivity index (χ1) is 7.56. The maximum absolute atomic E-state index is 11.8. The van der Waals surface area contributed by atoms with Crippen LogP contribution in [0.2, 0.25) is 0 Å². The lowest BCUT2D eigenvalue weighted by atomic mass is 10.2. The predicted molar refractivity (Wildman–Crippen MR) is 56.5 cm³/mol. The molecule has 1 aromatic heterocycles. The van der Waals surface area contributed by atoms with Gasteiger partial charge in [-0.15, -0.1) is 0 Å². The van der Waals surface area contributed by atoms with E-state index in [4.69, 9.17) is 4.42 Å². The average Bonchev–Trinajstić information content (AvgIpc) is 2.60. The first kappa shape index (κ1) is 10.7. The molecule has 1 unspecified atom stereocenters. The molecule has 0 radical (unpaired) electrons. The van der Waals surface area contributed by atoms with Crippen molar-refractivity contribution in [2.75, 3.05) is 6.54 Å². The maximum Gasteiger partial charge on any atom is 0.245 e. The molecule has 1 atom stereocenters. The van der Waals surface area contributed by atoms with E-state index in [1.165, 1.54) is 4.90 Å². The molecule has 0 saturated carbocycles. The van der Waals surface area contributed by atoms with Gasteiger partial charge in [0.05, 0.1) is 6.54 Å². The number of carbonyl (C=O) groups is 2. The second-order valence-corrected chi connectivity index (χ2v) is 4.00. The lowest BCUT2D eigenvalue weighted by Crippen LogP contribution is -2.56. The number of nitrogens with zero attached hydrogens (tertiary/aromatic N) is 1. The van der Waals surface area contributed by atoms with Crippen LogP contribution in [0.3, 0.4) is 0 Å². The molecular formula is C11H14N2O3. The highest BCUT2D eigenvalue weighted by molar-refractivity contribution is 5.94. The van der Waals surface area contributed by atoms with Crippen LogP contribution in [0.25, 0.3) is 0 Å². The van der Waals surface area contributed by atoms with Crippen molar-refractivity contribution in [1.82, 2.24) is 10.2 Å². The molecule has 1 aliphatic heterocycles. The zero-order valence-corrected chi connectivity index (χ0v) is 9.32. The fraction of sp³-hybridized carbons (Fsp3) is 0.455. The van der Waals surface area contributed by atoms with Gasteiger partial charge in [-0.3, -0.25) is 9.59 Å². The lowest BCUT2D eigenvalue weighted by Gasteiger charge is -2.30. The molecular weight excluding hydrogens is 208 g/mol. The molecule has 5 heteroatoms. The van der Waals surface area contributed by atoms with Crippen molar-refractivity contribution in [3.8, 4) is 0 Å². The Morgan fingerprint density at radius 2 is 2.25 bits per heavy atom. The Morgan fingerprint density at radius 3 is 2.88 bits per heavy atom. The Kier molecular flexibility index (Phi) is 2.68. The number of nitrogens with one attached hydrogen (secondary N) is 1. The Morgan fingerprint density at radius 1 is 1.50 bits per heavy atom. The number of rotatable bonds is 2. The molecule has 2 heterocycles. The number of aryl methyl sites for hydroxylation is 1. The van der Waals surface area contributed by atoms with Crippen LogP contribution in [0.15, 0.2) is 16.5 Å². The molecule has 1 N–H and O–H groups in total. The lowest BCUT2D eigenvalue weighted by molar-refractivity contribution is -0.144. The van der Waals surface area contributed by atoms with Crippen LogP contribution in [-0.4, -0.2) is 29.3 Å². The number of piperazine rings is 1. The maximum atomic E-state index is 11.8. The molecule has 0 bridgehead atoms. The van der Waals surface area contributed by atoms with Crippen molar-refractivity contribution < 1.29 is 14.0 Å². The zero-order chi connectivity index (χ0) is 11.7. The molecule has 1 saturated heterocycles. The van der Waals surface area contributed by atoms with Gasteiger partial charge in [-0.1, -0.05) is 0 Å². The minimum atomic E-state index is -0.447. The summed E-state index contributed by atoms with van der Waals surface area (Å²) in [5.41, 5.74) is 0.